The lowest BCUT2D eigenvalue weighted by molar-refractivity contribution is -0.136. The van der Waals surface area contributed by atoms with Crippen LogP contribution in [0.25, 0.3) is 6.08 Å². The van der Waals surface area contributed by atoms with Gasteiger partial charge in [0.2, 0.25) is 11.8 Å². The zero-order valence-electron chi connectivity index (χ0n) is 18.0. The second kappa shape index (κ2) is 10.3. The predicted octanol–water partition coefficient (Wildman–Crippen LogP) is 4.57. The number of benzene rings is 2. The third-order valence-electron chi connectivity index (χ3n) is 6.27. The molecule has 2 fully saturated rings. The lowest BCUT2D eigenvalue weighted by atomic mass is 9.88. The van der Waals surface area contributed by atoms with Crippen molar-refractivity contribution >= 4 is 29.3 Å². The van der Waals surface area contributed by atoms with Gasteiger partial charge in [-0.15, -0.1) is 0 Å². The highest BCUT2D eigenvalue weighted by molar-refractivity contribution is 6.02. The summed E-state index contributed by atoms with van der Waals surface area (Å²) >= 11 is 0. The molecule has 2 aromatic carbocycles. The van der Waals surface area contributed by atoms with E-state index in [1.54, 1.807) is 12.2 Å². The molecule has 1 heterocycles. The third kappa shape index (κ3) is 5.75. The number of piperazine rings is 1. The molecule has 5 heteroatoms. The first-order valence-corrected chi connectivity index (χ1v) is 11.4. The Morgan fingerprint density at radius 3 is 2.19 bits per heavy atom. The van der Waals surface area contributed by atoms with Gasteiger partial charge in [0.15, 0.2) is 0 Å². The number of rotatable bonds is 5. The number of hydrogen-bond donors (Lipinski definition) is 1. The van der Waals surface area contributed by atoms with E-state index in [9.17, 15) is 9.59 Å². The van der Waals surface area contributed by atoms with E-state index in [0.29, 0.717) is 5.91 Å². The first-order valence-electron chi connectivity index (χ1n) is 11.4. The average molecular weight is 418 g/mol. The SMILES string of the molecule is O=C(C=Cc1ccccc1)Nc1ccc(N2CCN(C(=O)C3CCCCC3)CC2)cc1. The first-order chi connectivity index (χ1) is 15.2. The lowest BCUT2D eigenvalue weighted by Crippen LogP contribution is -2.50. The van der Waals surface area contributed by atoms with Crippen molar-refractivity contribution < 1.29 is 9.59 Å². The molecule has 0 spiro atoms. The maximum atomic E-state index is 12.7. The van der Waals surface area contributed by atoms with Crippen LogP contribution in [-0.4, -0.2) is 42.9 Å². The molecule has 0 radical (unpaired) electrons. The van der Waals surface area contributed by atoms with Crippen LogP contribution in [0.3, 0.4) is 0 Å². The maximum absolute atomic E-state index is 12.7. The molecule has 5 nitrogen and oxygen atoms in total. The molecule has 1 aliphatic heterocycles. The molecule has 0 bridgehead atoms. The van der Waals surface area contributed by atoms with Crippen LogP contribution < -0.4 is 10.2 Å². The largest absolute Gasteiger partial charge is 0.368 e. The number of amides is 2. The van der Waals surface area contributed by atoms with Crippen LogP contribution in [-0.2, 0) is 9.59 Å². The molecule has 31 heavy (non-hydrogen) atoms. The summed E-state index contributed by atoms with van der Waals surface area (Å²) in [7, 11) is 0. The molecule has 0 aromatic heterocycles. The fraction of sp³-hybridized carbons (Fsp3) is 0.385. The van der Waals surface area contributed by atoms with Crippen molar-refractivity contribution in [2.24, 2.45) is 5.92 Å². The first kappa shape index (κ1) is 21.2. The molecule has 1 saturated carbocycles. The molecule has 1 N–H and O–H groups in total. The Balaban J connectivity index is 1.26. The molecule has 2 aliphatic rings. The minimum absolute atomic E-state index is 0.147. The van der Waals surface area contributed by atoms with Crippen LogP contribution in [0.1, 0.15) is 37.7 Å². The van der Waals surface area contributed by atoms with E-state index >= 15 is 0 Å². The van der Waals surface area contributed by atoms with Gasteiger partial charge in [-0.2, -0.15) is 0 Å². The van der Waals surface area contributed by atoms with Crippen LogP contribution in [0, 0.1) is 5.92 Å². The van der Waals surface area contributed by atoms with E-state index in [1.807, 2.05) is 54.6 Å². The Labute approximate surface area is 184 Å². The van der Waals surface area contributed by atoms with Gasteiger partial charge >= 0.3 is 0 Å². The molecule has 2 aromatic rings. The summed E-state index contributed by atoms with van der Waals surface area (Å²) in [5, 5.41) is 2.90. The quantitative estimate of drug-likeness (QED) is 0.725. The van der Waals surface area contributed by atoms with Gasteiger partial charge in [-0.05, 0) is 48.7 Å². The second-order valence-electron chi connectivity index (χ2n) is 8.43. The second-order valence-corrected chi connectivity index (χ2v) is 8.43. The Bertz CT molecular complexity index is 894. The summed E-state index contributed by atoms with van der Waals surface area (Å²) in [5.74, 6) is 0.464. The zero-order valence-corrected chi connectivity index (χ0v) is 18.0. The molecular weight excluding hydrogens is 386 g/mol. The smallest absolute Gasteiger partial charge is 0.248 e. The molecule has 162 valence electrons. The topological polar surface area (TPSA) is 52.7 Å². The molecule has 1 saturated heterocycles. The van der Waals surface area contributed by atoms with Gasteiger partial charge in [0.25, 0.3) is 0 Å². The van der Waals surface area contributed by atoms with Crippen molar-refractivity contribution in [3.05, 3.63) is 66.2 Å². The van der Waals surface area contributed by atoms with Gasteiger partial charge in [0.1, 0.15) is 0 Å². The van der Waals surface area contributed by atoms with Crippen molar-refractivity contribution in [1.29, 1.82) is 0 Å². The van der Waals surface area contributed by atoms with E-state index in [0.717, 1.165) is 56.0 Å². The third-order valence-corrected chi connectivity index (χ3v) is 6.27. The lowest BCUT2D eigenvalue weighted by Gasteiger charge is -2.38. The summed E-state index contributed by atoms with van der Waals surface area (Å²) in [4.78, 5) is 29.3. The fourth-order valence-electron chi connectivity index (χ4n) is 4.47. The van der Waals surface area contributed by atoms with Gasteiger partial charge in [-0.1, -0.05) is 49.6 Å². The molecule has 0 unspecified atom stereocenters. The van der Waals surface area contributed by atoms with Crippen LogP contribution in [0.5, 0.6) is 0 Å². The normalized spacial score (nSPS) is 17.7. The van der Waals surface area contributed by atoms with Gasteiger partial charge < -0.3 is 15.1 Å². The van der Waals surface area contributed by atoms with Crippen LogP contribution in [0.2, 0.25) is 0 Å². The standard InChI is InChI=1S/C26H31N3O2/c30-25(16-11-21-7-3-1-4-8-21)27-23-12-14-24(15-13-23)28-17-19-29(20-18-28)26(31)22-9-5-2-6-10-22/h1,3-4,7-8,11-16,22H,2,5-6,9-10,17-20H2,(H,27,30). The van der Waals surface area contributed by atoms with Crippen LogP contribution in [0.4, 0.5) is 11.4 Å². The van der Waals surface area contributed by atoms with Crippen molar-refractivity contribution in [3.8, 4) is 0 Å². The maximum Gasteiger partial charge on any atom is 0.248 e. The molecular formula is C26H31N3O2. The van der Waals surface area contributed by atoms with Crippen molar-refractivity contribution in [2.45, 2.75) is 32.1 Å². The highest BCUT2D eigenvalue weighted by Crippen LogP contribution is 2.26. The number of carbonyl (C=O) groups excluding carboxylic acids is 2. The number of nitrogens with one attached hydrogen (secondary N) is 1. The molecule has 0 atom stereocenters. The Hall–Kier alpha value is -3.08. The van der Waals surface area contributed by atoms with Crippen molar-refractivity contribution in [2.75, 3.05) is 36.4 Å². The Morgan fingerprint density at radius 1 is 0.839 bits per heavy atom. The zero-order chi connectivity index (χ0) is 21.5. The Kier molecular flexibility index (Phi) is 7.03. The van der Waals surface area contributed by atoms with Crippen LogP contribution in [0.15, 0.2) is 60.7 Å². The Morgan fingerprint density at radius 2 is 1.52 bits per heavy atom. The number of anilines is 2. The number of nitrogens with zero attached hydrogens (tertiary/aromatic N) is 2. The predicted molar refractivity (Wildman–Crippen MR) is 126 cm³/mol. The average Bonchev–Trinajstić information content (AvgIpc) is 2.84. The van der Waals surface area contributed by atoms with E-state index < -0.39 is 0 Å². The van der Waals surface area contributed by atoms with Gasteiger partial charge in [0.05, 0.1) is 0 Å². The van der Waals surface area contributed by atoms with Crippen molar-refractivity contribution in [3.63, 3.8) is 0 Å². The summed E-state index contributed by atoms with van der Waals surface area (Å²) in [6, 6.07) is 17.7. The number of carbonyl (C=O) groups is 2. The highest BCUT2D eigenvalue weighted by atomic mass is 16.2. The molecule has 2 amide bonds. The number of hydrogen-bond acceptors (Lipinski definition) is 3. The fourth-order valence-corrected chi connectivity index (χ4v) is 4.47. The minimum atomic E-state index is -0.147. The summed E-state index contributed by atoms with van der Waals surface area (Å²) < 4.78 is 0. The summed E-state index contributed by atoms with van der Waals surface area (Å²) in [5.41, 5.74) is 2.90. The van der Waals surface area contributed by atoms with E-state index in [-0.39, 0.29) is 11.8 Å². The van der Waals surface area contributed by atoms with Gasteiger partial charge in [0, 0.05) is 49.5 Å². The van der Waals surface area contributed by atoms with E-state index in [2.05, 4.69) is 15.1 Å². The van der Waals surface area contributed by atoms with E-state index in [4.69, 9.17) is 0 Å². The summed E-state index contributed by atoms with van der Waals surface area (Å²) in [6.45, 7) is 3.28. The van der Waals surface area contributed by atoms with Gasteiger partial charge in [-0.3, -0.25) is 9.59 Å². The highest BCUT2D eigenvalue weighted by Gasteiger charge is 2.28. The molecule has 4 rings (SSSR count). The monoisotopic (exact) mass is 417 g/mol. The van der Waals surface area contributed by atoms with Crippen LogP contribution >= 0.6 is 0 Å². The van der Waals surface area contributed by atoms with E-state index in [1.165, 1.54) is 19.3 Å². The molecule has 1 aliphatic carbocycles. The van der Waals surface area contributed by atoms with Crippen molar-refractivity contribution in [1.82, 2.24) is 4.90 Å². The minimum Gasteiger partial charge on any atom is -0.368 e. The summed E-state index contributed by atoms with van der Waals surface area (Å²) in [6.07, 6.45) is 9.14. The van der Waals surface area contributed by atoms with Gasteiger partial charge in [-0.25, -0.2) is 0 Å².